The van der Waals surface area contributed by atoms with Crippen LogP contribution in [0.4, 0.5) is 5.69 Å². The summed E-state index contributed by atoms with van der Waals surface area (Å²) in [6, 6.07) is 15.4. The number of anilines is 1. The minimum atomic E-state index is -0.122. The summed E-state index contributed by atoms with van der Waals surface area (Å²) in [5, 5.41) is 21.5. The van der Waals surface area contributed by atoms with Gasteiger partial charge in [-0.05, 0) is 62.7 Å². The van der Waals surface area contributed by atoms with Crippen molar-refractivity contribution < 1.29 is 60.9 Å². The van der Waals surface area contributed by atoms with E-state index < -0.39 is 0 Å². The van der Waals surface area contributed by atoms with Crippen molar-refractivity contribution in [3.05, 3.63) is 76.9 Å². The largest absolute Gasteiger partial charge is 1.00 e. The van der Waals surface area contributed by atoms with Crippen LogP contribution in [0.15, 0.2) is 60.4 Å². The fourth-order valence-corrected chi connectivity index (χ4v) is 3.75. The van der Waals surface area contributed by atoms with E-state index in [1.807, 2.05) is 24.3 Å². The van der Waals surface area contributed by atoms with Gasteiger partial charge in [0, 0.05) is 17.9 Å². The Labute approximate surface area is 238 Å². The van der Waals surface area contributed by atoms with Crippen molar-refractivity contribution in [1.82, 2.24) is 4.90 Å². The second-order valence-electron chi connectivity index (χ2n) is 8.53. The van der Waals surface area contributed by atoms with Crippen LogP contribution < -0.4 is 61.9 Å². The summed E-state index contributed by atoms with van der Waals surface area (Å²) in [6.07, 6.45) is 3.61. The molecule has 0 amide bonds. The summed E-state index contributed by atoms with van der Waals surface area (Å²) >= 11 is 0. The zero-order valence-corrected chi connectivity index (χ0v) is 22.7. The number of ether oxygens (including phenoxy) is 2. The first-order valence-corrected chi connectivity index (χ1v) is 10.9. The molecule has 2 aliphatic rings. The van der Waals surface area contributed by atoms with E-state index in [0.717, 1.165) is 18.4 Å². The first kappa shape index (κ1) is 25.9. The Morgan fingerprint density at radius 1 is 1.21 bits per heavy atom. The molecule has 33 heavy (non-hydrogen) atoms. The molecule has 1 aliphatic carbocycles. The Balaban J connectivity index is 0.00000306. The molecule has 8 heteroatoms. The fourth-order valence-electron chi connectivity index (χ4n) is 3.75. The molecule has 2 aromatic rings. The Bertz CT molecular complexity index is 1040. The van der Waals surface area contributed by atoms with Crippen molar-refractivity contribution >= 4 is 17.1 Å². The molecule has 4 N–H and O–H groups in total. The van der Waals surface area contributed by atoms with Crippen molar-refractivity contribution in [3.8, 4) is 5.75 Å². The van der Waals surface area contributed by atoms with E-state index in [1.165, 1.54) is 0 Å². The zero-order chi connectivity index (χ0) is 22.7. The van der Waals surface area contributed by atoms with E-state index in [2.05, 4.69) is 29.3 Å². The number of allylic oxidation sites excluding steroid dienone is 1. The first-order valence-electron chi connectivity index (χ1n) is 10.9. The topological polar surface area (TPSA) is 110 Å². The number of benzene rings is 2. The van der Waals surface area contributed by atoms with Gasteiger partial charge in [0.1, 0.15) is 11.4 Å². The monoisotopic (exact) mass is 471 g/mol. The van der Waals surface area contributed by atoms with Crippen molar-refractivity contribution in [3.63, 3.8) is 0 Å². The van der Waals surface area contributed by atoms with Crippen LogP contribution >= 0.6 is 0 Å². The molecule has 2 fully saturated rings. The van der Waals surface area contributed by atoms with Gasteiger partial charge in [0.05, 0.1) is 17.5 Å². The minimum absolute atomic E-state index is 0. The van der Waals surface area contributed by atoms with E-state index in [1.54, 1.807) is 25.3 Å². The van der Waals surface area contributed by atoms with Crippen molar-refractivity contribution in [2.45, 2.75) is 31.5 Å². The van der Waals surface area contributed by atoms with Crippen LogP contribution in [0.5, 0.6) is 5.75 Å². The maximum Gasteiger partial charge on any atom is 1.00 e. The van der Waals surface area contributed by atoms with E-state index in [-0.39, 0.29) is 74.5 Å². The van der Waals surface area contributed by atoms with Crippen molar-refractivity contribution in [1.29, 1.82) is 10.8 Å². The van der Waals surface area contributed by atoms with E-state index in [0.29, 0.717) is 42.5 Å². The number of hydrogen-bond acceptors (Lipinski definition) is 6. The average molecular weight is 472 g/mol. The molecule has 1 heterocycles. The number of nitrogens with two attached hydrogens (primary N) is 1. The molecule has 0 spiro atoms. The molecule has 0 unspecified atom stereocenters. The summed E-state index contributed by atoms with van der Waals surface area (Å²) in [7, 11) is 1.70. The smallest absolute Gasteiger partial charge is 0.488 e. The summed E-state index contributed by atoms with van der Waals surface area (Å²) in [5.74, 6) is 1.33. The van der Waals surface area contributed by atoms with Gasteiger partial charge in [-0.2, -0.15) is 0 Å². The van der Waals surface area contributed by atoms with Gasteiger partial charge in [-0.1, -0.05) is 43.2 Å². The number of hydrogen-bond donors (Lipinski definition) is 3. The summed E-state index contributed by atoms with van der Waals surface area (Å²) in [4.78, 5) is 2.10. The van der Waals surface area contributed by atoms with Gasteiger partial charge in [-0.3, -0.25) is 10.8 Å². The maximum absolute atomic E-state index is 8.59. The Hall–Kier alpha value is -1.68. The number of nitrogen functional groups attached to an aromatic ring is 1. The molecule has 2 aromatic carbocycles. The second kappa shape index (κ2) is 11.2. The van der Waals surface area contributed by atoms with Crippen molar-refractivity contribution in [2.75, 3.05) is 32.5 Å². The van der Waals surface area contributed by atoms with Crippen LogP contribution in [-0.4, -0.2) is 48.7 Å². The number of nitrogens with zero attached hydrogens (tertiary/aromatic N) is 2. The van der Waals surface area contributed by atoms with Gasteiger partial charge in [-0.15, -0.1) is 0 Å². The van der Waals surface area contributed by atoms with Gasteiger partial charge in [0.2, 0.25) is 0 Å². The van der Waals surface area contributed by atoms with Crippen LogP contribution in [0.25, 0.3) is 5.32 Å². The van der Waals surface area contributed by atoms with Crippen LogP contribution in [0.1, 0.15) is 37.0 Å². The quantitative estimate of drug-likeness (QED) is 0.308. The third kappa shape index (κ3) is 6.47. The molecule has 1 aliphatic heterocycles. The predicted octanol–water partition coefficient (Wildman–Crippen LogP) is 1.51. The van der Waals surface area contributed by atoms with Gasteiger partial charge in [-0.25, -0.2) is 0 Å². The Kier molecular flexibility index (Phi) is 8.77. The molecule has 7 nitrogen and oxygen atoms in total. The molecule has 168 valence electrons. The third-order valence-corrected chi connectivity index (χ3v) is 5.95. The Morgan fingerprint density at radius 2 is 1.94 bits per heavy atom. The van der Waals surface area contributed by atoms with Gasteiger partial charge in [0.15, 0.2) is 0 Å². The standard InChI is InChI=1S/C25H30N5O2.K/c1-25(10-11-25)32-18-8-9-20(26)19(14-18)24(28)21(27)15-23(29-2)30-12-13-31-22(16-30)17-6-4-3-5-7-17;/h3-9,14-15,22,27-28H,10-13,16,26H2,1-2H3;/q-1;+1/b23-15+,27-21?,28-24?;/t22-;/m1./s1. The number of morpholine rings is 1. The molecule has 4 rings (SSSR count). The first-order chi connectivity index (χ1) is 15.4. The van der Waals surface area contributed by atoms with E-state index in [4.69, 9.17) is 26.0 Å². The number of rotatable bonds is 8. The Morgan fingerprint density at radius 3 is 2.61 bits per heavy atom. The molecule has 0 aromatic heterocycles. The predicted molar refractivity (Wildman–Crippen MR) is 128 cm³/mol. The van der Waals surface area contributed by atoms with Crippen molar-refractivity contribution in [2.24, 2.45) is 0 Å². The van der Waals surface area contributed by atoms with Crippen LogP contribution in [0, 0.1) is 10.8 Å². The number of nitrogens with one attached hydrogen (secondary N) is 2. The summed E-state index contributed by atoms with van der Waals surface area (Å²) in [6.45, 7) is 3.95. The zero-order valence-electron chi connectivity index (χ0n) is 19.6. The molecular weight excluding hydrogens is 441 g/mol. The minimum Gasteiger partial charge on any atom is -0.488 e. The van der Waals surface area contributed by atoms with Gasteiger partial charge < -0.3 is 25.4 Å². The summed E-state index contributed by atoms with van der Waals surface area (Å²) in [5.41, 5.74) is 8.16. The molecule has 0 bridgehead atoms. The van der Waals surface area contributed by atoms with Crippen LogP contribution in [0.2, 0.25) is 0 Å². The normalized spacial score (nSPS) is 19.3. The van der Waals surface area contributed by atoms with E-state index in [9.17, 15) is 0 Å². The average Bonchev–Trinajstić information content (AvgIpc) is 3.55. The van der Waals surface area contributed by atoms with Gasteiger partial charge in [0.25, 0.3) is 0 Å². The third-order valence-electron chi connectivity index (χ3n) is 5.95. The van der Waals surface area contributed by atoms with Gasteiger partial charge >= 0.3 is 51.4 Å². The molecule has 1 saturated heterocycles. The fraction of sp³-hybridized carbons (Fsp3) is 0.360. The molecule has 1 saturated carbocycles. The second-order valence-corrected chi connectivity index (χ2v) is 8.53. The van der Waals surface area contributed by atoms with Crippen LogP contribution in [-0.2, 0) is 4.74 Å². The van der Waals surface area contributed by atoms with E-state index >= 15 is 0 Å². The van der Waals surface area contributed by atoms with Crippen LogP contribution in [0.3, 0.4) is 0 Å². The maximum atomic E-state index is 8.59. The molecular formula is C25H30KN5O2. The molecule has 0 radical (unpaired) electrons. The SMILES string of the molecule is C[N-]/C(=C\C(=N)C(=N)c1cc(OC2(C)CC2)ccc1N)N1CCO[C@@H](c2ccccc2)C1.[K+]. The summed E-state index contributed by atoms with van der Waals surface area (Å²) < 4.78 is 12.0. The molecule has 1 atom stereocenters.